The minimum absolute atomic E-state index is 0. The fourth-order valence-corrected chi connectivity index (χ4v) is 3.65. The molecule has 5 nitrogen and oxygen atoms in total. The molecule has 2 aliphatic heterocycles. The molecule has 3 rings (SSSR count). The number of anilines is 1. The average molecular weight is 505 g/mol. The zero-order valence-electron chi connectivity index (χ0n) is 16.0. The summed E-state index contributed by atoms with van der Waals surface area (Å²) in [7, 11) is 0. The van der Waals surface area contributed by atoms with Gasteiger partial charge >= 0.3 is 0 Å². The Morgan fingerprint density at radius 1 is 1.22 bits per heavy atom. The van der Waals surface area contributed by atoms with Crippen LogP contribution in [0.25, 0.3) is 0 Å². The maximum absolute atomic E-state index is 6.34. The van der Waals surface area contributed by atoms with Crippen LogP contribution >= 0.6 is 35.6 Å². The van der Waals surface area contributed by atoms with E-state index in [1.165, 1.54) is 5.57 Å². The number of aliphatic imine (C=N–C) groups is 1. The van der Waals surface area contributed by atoms with Crippen molar-refractivity contribution in [1.82, 2.24) is 10.2 Å². The number of piperazine rings is 1. The van der Waals surface area contributed by atoms with Crippen LogP contribution < -0.4 is 10.2 Å². The average Bonchev–Trinajstić information content (AvgIpc) is 2.69. The Labute approximate surface area is 184 Å². The lowest BCUT2D eigenvalue weighted by Gasteiger charge is -2.38. The Bertz CT molecular complexity index is 645. The summed E-state index contributed by atoms with van der Waals surface area (Å²) < 4.78 is 5.37. The van der Waals surface area contributed by atoms with E-state index < -0.39 is 0 Å². The van der Waals surface area contributed by atoms with E-state index in [-0.39, 0.29) is 24.0 Å². The van der Waals surface area contributed by atoms with E-state index >= 15 is 0 Å². The lowest BCUT2D eigenvalue weighted by molar-refractivity contribution is 0.153. The van der Waals surface area contributed by atoms with Crippen molar-refractivity contribution < 1.29 is 4.74 Å². The van der Waals surface area contributed by atoms with Crippen molar-refractivity contribution in [3.05, 3.63) is 40.9 Å². The number of halogens is 2. The van der Waals surface area contributed by atoms with Crippen LogP contribution in [0.1, 0.15) is 19.8 Å². The molecule has 1 N–H and O–H groups in total. The van der Waals surface area contributed by atoms with Crippen molar-refractivity contribution in [2.24, 2.45) is 4.99 Å². The molecule has 0 unspecified atom stereocenters. The lowest BCUT2D eigenvalue weighted by Crippen LogP contribution is -2.52. The fraction of sp³-hybridized carbons (Fsp3) is 0.550. The summed E-state index contributed by atoms with van der Waals surface area (Å²) >= 11 is 6.34. The molecule has 0 aromatic heterocycles. The first kappa shape index (κ1) is 22.3. The largest absolute Gasteiger partial charge is 0.377 e. The maximum Gasteiger partial charge on any atom is 0.194 e. The van der Waals surface area contributed by atoms with Crippen LogP contribution in [0.3, 0.4) is 0 Å². The fourth-order valence-electron chi connectivity index (χ4n) is 3.39. The number of guanidine groups is 1. The Hall–Kier alpha value is -0.990. The Morgan fingerprint density at radius 2 is 2.00 bits per heavy atom. The molecule has 0 atom stereocenters. The zero-order chi connectivity index (χ0) is 18.2. The van der Waals surface area contributed by atoms with Gasteiger partial charge in [0.05, 0.1) is 23.9 Å². The van der Waals surface area contributed by atoms with E-state index in [1.54, 1.807) is 0 Å². The topological polar surface area (TPSA) is 40.1 Å². The van der Waals surface area contributed by atoms with Crippen molar-refractivity contribution in [2.45, 2.75) is 19.8 Å². The summed E-state index contributed by atoms with van der Waals surface area (Å²) in [4.78, 5) is 9.56. The molecule has 0 bridgehead atoms. The summed E-state index contributed by atoms with van der Waals surface area (Å²) in [6.07, 6.45) is 4.27. The third-order valence-corrected chi connectivity index (χ3v) is 5.18. The monoisotopic (exact) mass is 504 g/mol. The van der Waals surface area contributed by atoms with Crippen molar-refractivity contribution in [3.63, 3.8) is 0 Å². The molecule has 0 spiro atoms. The van der Waals surface area contributed by atoms with Gasteiger partial charge in [-0.3, -0.25) is 4.99 Å². The van der Waals surface area contributed by atoms with Gasteiger partial charge in [-0.1, -0.05) is 35.4 Å². The maximum atomic E-state index is 6.34. The molecule has 1 aromatic carbocycles. The van der Waals surface area contributed by atoms with E-state index in [0.29, 0.717) is 0 Å². The third-order valence-electron chi connectivity index (χ3n) is 4.86. The molecule has 1 aromatic rings. The smallest absolute Gasteiger partial charge is 0.194 e. The third kappa shape index (κ3) is 6.54. The second-order valence-corrected chi connectivity index (χ2v) is 7.01. The molecular formula is C20H30ClIN4O. The van der Waals surface area contributed by atoms with Crippen LogP contribution in [0.15, 0.2) is 40.9 Å². The van der Waals surface area contributed by atoms with Crippen molar-refractivity contribution in [1.29, 1.82) is 0 Å². The van der Waals surface area contributed by atoms with Crippen LogP contribution in [0, 0.1) is 0 Å². The quantitative estimate of drug-likeness (QED) is 0.287. The first-order valence-corrected chi connectivity index (χ1v) is 9.94. The molecular weight excluding hydrogens is 475 g/mol. The van der Waals surface area contributed by atoms with Gasteiger partial charge in [-0.2, -0.15) is 0 Å². The van der Waals surface area contributed by atoms with Crippen molar-refractivity contribution in [2.75, 3.05) is 57.4 Å². The number of nitrogens with one attached hydrogen (secondary N) is 1. The molecule has 27 heavy (non-hydrogen) atoms. The predicted octanol–water partition coefficient (Wildman–Crippen LogP) is 3.78. The molecule has 1 fully saturated rings. The van der Waals surface area contributed by atoms with E-state index in [1.807, 2.05) is 18.2 Å². The van der Waals surface area contributed by atoms with Gasteiger partial charge in [-0.15, -0.1) is 24.0 Å². The standard InChI is InChI=1S/C20H29ClN4O.HI/c1-2-22-20(23-10-7-17-8-15-26-16-9-17)25-13-11-24(12-14-25)19-6-4-3-5-18(19)21;/h3-6,8H,2,7,9-16H2,1H3,(H,22,23);1H. The number of hydrogen-bond donors (Lipinski definition) is 1. The molecule has 7 heteroatoms. The summed E-state index contributed by atoms with van der Waals surface area (Å²) in [5.41, 5.74) is 2.60. The molecule has 0 aliphatic carbocycles. The Balaban J connectivity index is 0.00000261. The summed E-state index contributed by atoms with van der Waals surface area (Å²) in [5, 5.41) is 4.27. The minimum Gasteiger partial charge on any atom is -0.377 e. The van der Waals surface area contributed by atoms with Gasteiger partial charge in [-0.05, 0) is 31.9 Å². The zero-order valence-corrected chi connectivity index (χ0v) is 19.1. The molecule has 0 saturated carbocycles. The number of benzene rings is 1. The van der Waals surface area contributed by atoms with Crippen LogP contribution in [-0.4, -0.2) is 63.3 Å². The van der Waals surface area contributed by atoms with Gasteiger partial charge in [0.2, 0.25) is 0 Å². The highest BCUT2D eigenvalue weighted by atomic mass is 127. The predicted molar refractivity (Wildman–Crippen MR) is 125 cm³/mol. The molecule has 2 heterocycles. The molecule has 2 aliphatic rings. The number of ether oxygens (including phenoxy) is 1. The van der Waals surface area contributed by atoms with Gasteiger partial charge in [0.25, 0.3) is 0 Å². The molecule has 0 radical (unpaired) electrons. The van der Waals surface area contributed by atoms with Crippen molar-refractivity contribution in [3.8, 4) is 0 Å². The minimum atomic E-state index is 0. The Kier molecular flexibility index (Phi) is 9.72. The SMILES string of the molecule is CCNC(=NCCC1=CCOCC1)N1CCN(c2ccccc2Cl)CC1.I. The van der Waals surface area contributed by atoms with Crippen LogP contribution in [-0.2, 0) is 4.74 Å². The molecule has 1 saturated heterocycles. The van der Waals surface area contributed by atoms with Gasteiger partial charge in [0, 0.05) is 39.3 Å². The lowest BCUT2D eigenvalue weighted by atomic mass is 10.1. The van der Waals surface area contributed by atoms with Crippen molar-refractivity contribution >= 4 is 47.2 Å². The van der Waals surface area contributed by atoms with E-state index in [2.05, 4.69) is 34.2 Å². The number of para-hydroxylation sites is 1. The second kappa shape index (κ2) is 11.8. The van der Waals surface area contributed by atoms with Gasteiger partial charge in [-0.25, -0.2) is 0 Å². The van der Waals surface area contributed by atoms with Crippen LogP contribution in [0.2, 0.25) is 5.02 Å². The molecule has 150 valence electrons. The highest BCUT2D eigenvalue weighted by Gasteiger charge is 2.21. The van der Waals surface area contributed by atoms with E-state index in [0.717, 1.165) is 82.0 Å². The Morgan fingerprint density at radius 3 is 2.67 bits per heavy atom. The van der Waals surface area contributed by atoms with Gasteiger partial charge in [0.1, 0.15) is 0 Å². The number of hydrogen-bond acceptors (Lipinski definition) is 3. The second-order valence-electron chi connectivity index (χ2n) is 6.60. The highest BCUT2D eigenvalue weighted by molar-refractivity contribution is 14.0. The molecule has 0 amide bonds. The van der Waals surface area contributed by atoms with Crippen LogP contribution in [0.5, 0.6) is 0 Å². The van der Waals surface area contributed by atoms with E-state index in [9.17, 15) is 0 Å². The van der Waals surface area contributed by atoms with Crippen LogP contribution in [0.4, 0.5) is 5.69 Å². The summed E-state index contributed by atoms with van der Waals surface area (Å²) in [6, 6.07) is 8.08. The number of nitrogens with zero attached hydrogens (tertiary/aromatic N) is 3. The summed E-state index contributed by atoms with van der Waals surface area (Å²) in [6.45, 7) is 9.26. The first-order chi connectivity index (χ1) is 12.8. The van der Waals surface area contributed by atoms with Gasteiger partial charge in [0.15, 0.2) is 5.96 Å². The van der Waals surface area contributed by atoms with Gasteiger partial charge < -0.3 is 19.9 Å². The highest BCUT2D eigenvalue weighted by Crippen LogP contribution is 2.26. The number of rotatable bonds is 5. The summed E-state index contributed by atoms with van der Waals surface area (Å²) in [5.74, 6) is 1.03. The normalized spacial score (nSPS) is 18.0. The van der Waals surface area contributed by atoms with E-state index in [4.69, 9.17) is 21.3 Å². The first-order valence-electron chi connectivity index (χ1n) is 9.56.